The van der Waals surface area contributed by atoms with Gasteiger partial charge in [0.2, 0.25) is 12.6 Å². The topological polar surface area (TPSA) is 204 Å². The van der Waals surface area contributed by atoms with Gasteiger partial charge in [0.1, 0.15) is 24.9 Å². The second-order valence-electron chi connectivity index (χ2n) is 9.93. The first-order valence-corrected chi connectivity index (χ1v) is 13.6. The van der Waals surface area contributed by atoms with Crippen LogP contribution in [0.3, 0.4) is 0 Å². The van der Waals surface area contributed by atoms with E-state index in [4.69, 9.17) is 52.1 Å². The second-order valence-corrected chi connectivity index (χ2v) is 9.93. The molecule has 0 N–H and O–H groups in total. The first-order valence-electron chi connectivity index (χ1n) is 13.6. The Balaban J connectivity index is 2.05. The maximum atomic E-state index is 12.2. The summed E-state index contributed by atoms with van der Waals surface area (Å²) in [6.07, 6.45) is -13.5. The van der Waals surface area contributed by atoms with Gasteiger partial charge in [-0.25, -0.2) is 0 Å². The molecule has 3 aliphatic heterocycles. The molecular formula is C27H36O17. The number of carbonyl (C=O) groups excluding carboxylic acids is 6. The number of hydrogen-bond donors (Lipinski definition) is 0. The Morgan fingerprint density at radius 2 is 1.11 bits per heavy atom. The summed E-state index contributed by atoms with van der Waals surface area (Å²) < 4.78 is 61.6. The first kappa shape index (κ1) is 34.8. The predicted molar refractivity (Wildman–Crippen MR) is 138 cm³/mol. The number of ether oxygens (including phenoxy) is 11. The highest BCUT2D eigenvalue weighted by Crippen LogP contribution is 2.36. The third-order valence-electron chi connectivity index (χ3n) is 6.32. The summed E-state index contributed by atoms with van der Waals surface area (Å²) >= 11 is 0. The molecule has 0 amide bonds. The van der Waals surface area contributed by atoms with Gasteiger partial charge in [0.25, 0.3) is 0 Å². The Kier molecular flexibility index (Phi) is 12.2. The minimum atomic E-state index is -1.69. The monoisotopic (exact) mass is 632 g/mol. The fourth-order valence-corrected chi connectivity index (χ4v) is 4.87. The van der Waals surface area contributed by atoms with Crippen molar-refractivity contribution in [1.82, 2.24) is 0 Å². The summed E-state index contributed by atoms with van der Waals surface area (Å²) in [5, 5.41) is 0. The van der Waals surface area contributed by atoms with Gasteiger partial charge in [-0.05, 0) is 6.08 Å². The van der Waals surface area contributed by atoms with Crippen LogP contribution in [0.5, 0.6) is 0 Å². The van der Waals surface area contributed by atoms with E-state index in [0.717, 1.165) is 41.5 Å². The maximum Gasteiger partial charge on any atom is 0.303 e. The first-order chi connectivity index (χ1) is 20.7. The Bertz CT molecular complexity index is 1110. The molecule has 246 valence electrons. The molecule has 3 rings (SSSR count). The van der Waals surface area contributed by atoms with Crippen LogP contribution in [0, 0.1) is 0 Å². The second kappa shape index (κ2) is 15.4. The van der Waals surface area contributed by atoms with Crippen molar-refractivity contribution in [3.05, 3.63) is 12.7 Å². The van der Waals surface area contributed by atoms with Crippen molar-refractivity contribution in [3.8, 4) is 0 Å². The molecule has 3 saturated heterocycles. The average molecular weight is 633 g/mol. The summed E-state index contributed by atoms with van der Waals surface area (Å²) in [6, 6.07) is 0. The Labute approximate surface area is 252 Å². The van der Waals surface area contributed by atoms with Gasteiger partial charge in [-0.15, -0.1) is 0 Å². The summed E-state index contributed by atoms with van der Waals surface area (Å²) in [5.41, 5.74) is 0. The SMILES string of the molecule is C=CC1OC[C@H]2O[C@H](O[C@H]3O[C@H](COC(C)=O)[C@@H](OC(C)=O)[C@H](OC(C)=O)[C@H]3OC(C)=O)[C@H](OC(C)=O)[C@@H](OC(C)=O)[C@@H]2O1. The molecule has 3 fully saturated rings. The van der Waals surface area contributed by atoms with Crippen LogP contribution in [0.15, 0.2) is 12.7 Å². The molecule has 44 heavy (non-hydrogen) atoms. The van der Waals surface area contributed by atoms with Gasteiger partial charge in [-0.2, -0.15) is 0 Å². The van der Waals surface area contributed by atoms with Crippen molar-refractivity contribution in [2.75, 3.05) is 13.2 Å². The van der Waals surface area contributed by atoms with Crippen molar-refractivity contribution >= 4 is 35.8 Å². The van der Waals surface area contributed by atoms with E-state index in [9.17, 15) is 28.8 Å². The minimum absolute atomic E-state index is 0.0929. The van der Waals surface area contributed by atoms with Crippen molar-refractivity contribution in [2.24, 2.45) is 0 Å². The van der Waals surface area contributed by atoms with Crippen molar-refractivity contribution < 1.29 is 80.9 Å². The molecule has 0 aromatic heterocycles. The van der Waals surface area contributed by atoms with Crippen LogP contribution in [-0.4, -0.2) is 117 Å². The van der Waals surface area contributed by atoms with E-state index in [-0.39, 0.29) is 6.61 Å². The van der Waals surface area contributed by atoms with E-state index < -0.39 is 110 Å². The van der Waals surface area contributed by atoms with E-state index >= 15 is 0 Å². The van der Waals surface area contributed by atoms with Crippen LogP contribution in [0.4, 0.5) is 0 Å². The van der Waals surface area contributed by atoms with Crippen LogP contribution in [0.25, 0.3) is 0 Å². The summed E-state index contributed by atoms with van der Waals surface area (Å²) in [7, 11) is 0. The zero-order valence-electron chi connectivity index (χ0n) is 25.0. The molecule has 0 aliphatic carbocycles. The third kappa shape index (κ3) is 9.18. The number of esters is 6. The van der Waals surface area contributed by atoms with Crippen molar-refractivity contribution in [1.29, 1.82) is 0 Å². The molecule has 0 aromatic rings. The fourth-order valence-electron chi connectivity index (χ4n) is 4.87. The van der Waals surface area contributed by atoms with Crippen LogP contribution in [0.2, 0.25) is 0 Å². The van der Waals surface area contributed by atoms with Crippen LogP contribution >= 0.6 is 0 Å². The van der Waals surface area contributed by atoms with E-state index in [1.807, 2.05) is 0 Å². The summed E-state index contributed by atoms with van der Waals surface area (Å²) in [5.74, 6) is -4.81. The van der Waals surface area contributed by atoms with Crippen molar-refractivity contribution in [2.45, 2.75) is 109 Å². The molecule has 17 nitrogen and oxygen atoms in total. The molecule has 0 bridgehead atoms. The third-order valence-corrected chi connectivity index (χ3v) is 6.32. The van der Waals surface area contributed by atoms with Crippen molar-refractivity contribution in [3.63, 3.8) is 0 Å². The van der Waals surface area contributed by atoms with Gasteiger partial charge in [-0.1, -0.05) is 6.58 Å². The lowest BCUT2D eigenvalue weighted by Crippen LogP contribution is -2.67. The van der Waals surface area contributed by atoms with Gasteiger partial charge in [0, 0.05) is 41.5 Å². The zero-order valence-corrected chi connectivity index (χ0v) is 25.0. The molecule has 3 aliphatic rings. The normalized spacial score (nSPS) is 34.7. The standard InChI is InChI=1S/C27H36O17/c1-8-19-35-10-18-21(43-19)23(38-14(5)31)25(40-16(7)33)27(42-18)44-26-24(39-15(6)32)22(37-13(4)30)20(36-12(3)29)17(41-26)9-34-11(2)28/h8,17-27H,1,9-10H2,2-7H3/t17-,18-,19?,20-,21-,22+,23+,24-,25-,26-,27-/m1/s1. The predicted octanol–water partition coefficient (Wildman–Crippen LogP) is -0.398. The molecule has 0 spiro atoms. The van der Waals surface area contributed by atoms with E-state index in [1.54, 1.807) is 0 Å². The lowest BCUT2D eigenvalue weighted by atomic mass is 9.96. The molecule has 11 atom stereocenters. The molecule has 1 unspecified atom stereocenters. The van der Waals surface area contributed by atoms with E-state index in [2.05, 4.69) is 6.58 Å². The smallest absolute Gasteiger partial charge is 0.303 e. The Hall–Kier alpha value is -3.64. The average Bonchev–Trinajstić information content (AvgIpc) is 2.91. The fraction of sp³-hybridized carbons (Fsp3) is 0.704. The zero-order chi connectivity index (χ0) is 32.7. The highest BCUT2D eigenvalue weighted by Gasteiger charge is 2.58. The summed E-state index contributed by atoms with van der Waals surface area (Å²) in [6.45, 7) is 9.56. The van der Waals surface area contributed by atoms with Gasteiger partial charge in [0.15, 0.2) is 36.8 Å². The van der Waals surface area contributed by atoms with Crippen LogP contribution in [-0.2, 0) is 80.9 Å². The van der Waals surface area contributed by atoms with Crippen LogP contribution in [0.1, 0.15) is 41.5 Å². The minimum Gasteiger partial charge on any atom is -0.463 e. The Morgan fingerprint density at radius 3 is 1.64 bits per heavy atom. The molecule has 0 radical (unpaired) electrons. The molecule has 0 aromatic carbocycles. The van der Waals surface area contributed by atoms with E-state index in [0.29, 0.717) is 0 Å². The Morgan fingerprint density at radius 1 is 0.636 bits per heavy atom. The highest BCUT2D eigenvalue weighted by atomic mass is 16.8. The highest BCUT2D eigenvalue weighted by molar-refractivity contribution is 5.69. The van der Waals surface area contributed by atoms with Gasteiger partial charge < -0.3 is 52.1 Å². The molecule has 17 heteroatoms. The molecule has 3 heterocycles. The lowest BCUT2D eigenvalue weighted by molar-refractivity contribution is -0.394. The number of fused-ring (bicyclic) bond motifs is 1. The molecular weight excluding hydrogens is 596 g/mol. The van der Waals surface area contributed by atoms with Gasteiger partial charge in [0.05, 0.1) is 6.61 Å². The largest absolute Gasteiger partial charge is 0.463 e. The number of hydrogen-bond acceptors (Lipinski definition) is 17. The quantitative estimate of drug-likeness (QED) is 0.171. The lowest BCUT2D eigenvalue weighted by Gasteiger charge is -2.49. The van der Waals surface area contributed by atoms with E-state index in [1.165, 1.54) is 6.08 Å². The van der Waals surface area contributed by atoms with Gasteiger partial charge >= 0.3 is 35.8 Å². The maximum absolute atomic E-state index is 12.2. The van der Waals surface area contributed by atoms with Crippen LogP contribution < -0.4 is 0 Å². The number of carbonyl (C=O) groups is 6. The molecule has 0 saturated carbocycles. The van der Waals surface area contributed by atoms with Gasteiger partial charge in [-0.3, -0.25) is 28.8 Å². The number of rotatable bonds is 10. The summed E-state index contributed by atoms with van der Waals surface area (Å²) in [4.78, 5) is 72.2.